The van der Waals surface area contributed by atoms with Crippen LogP contribution in [0.15, 0.2) is 28.8 Å². The molecule has 0 amide bonds. The van der Waals surface area contributed by atoms with Crippen molar-refractivity contribution in [1.29, 1.82) is 0 Å². The lowest BCUT2D eigenvalue weighted by Gasteiger charge is -2.06. The summed E-state index contributed by atoms with van der Waals surface area (Å²) in [6, 6.07) is 4.86. The third-order valence-corrected chi connectivity index (χ3v) is 2.38. The van der Waals surface area contributed by atoms with Crippen molar-refractivity contribution >= 4 is 0 Å². The molecule has 0 fully saturated rings. The van der Waals surface area contributed by atoms with Crippen LogP contribution in [-0.2, 0) is 6.18 Å². The molecule has 1 heterocycles. The summed E-state index contributed by atoms with van der Waals surface area (Å²) >= 11 is 0. The third kappa shape index (κ3) is 2.52. The number of halogens is 3. The largest absolute Gasteiger partial charge is 0.416 e. The lowest BCUT2D eigenvalue weighted by molar-refractivity contribution is -0.137. The summed E-state index contributed by atoms with van der Waals surface area (Å²) in [7, 11) is 0. The number of alkyl halides is 3. The Hall–Kier alpha value is -1.85. The van der Waals surface area contributed by atoms with Gasteiger partial charge in [0.1, 0.15) is 0 Å². The fourth-order valence-electron chi connectivity index (χ4n) is 1.42. The molecule has 0 radical (unpaired) electrons. The summed E-state index contributed by atoms with van der Waals surface area (Å²) < 4.78 is 42.6. The SMILES string of the molecule is CC(C)c1nc(-c2cccc(C(F)(F)F)c2)no1. The van der Waals surface area contributed by atoms with E-state index in [4.69, 9.17) is 4.52 Å². The zero-order valence-electron chi connectivity index (χ0n) is 9.82. The van der Waals surface area contributed by atoms with Crippen molar-refractivity contribution in [2.45, 2.75) is 25.9 Å². The average Bonchev–Trinajstić information content (AvgIpc) is 2.77. The van der Waals surface area contributed by atoms with E-state index in [1.54, 1.807) is 0 Å². The fourth-order valence-corrected chi connectivity index (χ4v) is 1.42. The molecule has 0 aliphatic carbocycles. The quantitative estimate of drug-likeness (QED) is 0.818. The standard InChI is InChI=1S/C12H11F3N2O/c1-7(2)11-16-10(17-18-11)8-4-3-5-9(6-8)12(13,14)15/h3-7H,1-2H3. The molecule has 96 valence electrons. The summed E-state index contributed by atoms with van der Waals surface area (Å²) in [5.41, 5.74) is -0.434. The van der Waals surface area contributed by atoms with Gasteiger partial charge in [0.2, 0.25) is 11.7 Å². The predicted molar refractivity (Wildman–Crippen MR) is 58.8 cm³/mol. The van der Waals surface area contributed by atoms with Crippen LogP contribution >= 0.6 is 0 Å². The highest BCUT2D eigenvalue weighted by atomic mass is 19.4. The van der Waals surface area contributed by atoms with E-state index >= 15 is 0 Å². The van der Waals surface area contributed by atoms with Crippen molar-refractivity contribution in [3.63, 3.8) is 0 Å². The Morgan fingerprint density at radius 3 is 2.50 bits per heavy atom. The zero-order chi connectivity index (χ0) is 13.3. The van der Waals surface area contributed by atoms with Crippen molar-refractivity contribution in [2.24, 2.45) is 0 Å². The van der Waals surface area contributed by atoms with Gasteiger partial charge >= 0.3 is 6.18 Å². The summed E-state index contributed by atoms with van der Waals surface area (Å²) in [5.74, 6) is 0.615. The predicted octanol–water partition coefficient (Wildman–Crippen LogP) is 3.88. The van der Waals surface area contributed by atoms with Crippen molar-refractivity contribution in [1.82, 2.24) is 10.1 Å². The molecule has 0 aliphatic rings. The van der Waals surface area contributed by atoms with Crippen LogP contribution in [0.5, 0.6) is 0 Å². The van der Waals surface area contributed by atoms with Gasteiger partial charge in [0.25, 0.3) is 0 Å². The Morgan fingerprint density at radius 1 is 1.22 bits per heavy atom. The highest BCUT2D eigenvalue weighted by molar-refractivity contribution is 5.55. The van der Waals surface area contributed by atoms with Crippen LogP contribution in [0.4, 0.5) is 13.2 Å². The van der Waals surface area contributed by atoms with E-state index in [0.29, 0.717) is 11.5 Å². The number of hydrogen-bond acceptors (Lipinski definition) is 3. The molecule has 1 aromatic heterocycles. The topological polar surface area (TPSA) is 38.9 Å². The second-order valence-corrected chi connectivity index (χ2v) is 4.19. The second-order valence-electron chi connectivity index (χ2n) is 4.19. The molecule has 1 aromatic carbocycles. The molecule has 18 heavy (non-hydrogen) atoms. The zero-order valence-corrected chi connectivity index (χ0v) is 9.82. The summed E-state index contributed by atoms with van der Waals surface area (Å²) in [6.45, 7) is 3.73. The van der Waals surface area contributed by atoms with Crippen LogP contribution in [0.2, 0.25) is 0 Å². The molecule has 2 aromatic rings. The summed E-state index contributed by atoms with van der Waals surface area (Å²) in [5, 5.41) is 3.68. The minimum absolute atomic E-state index is 0.0389. The molecule has 0 bridgehead atoms. The third-order valence-electron chi connectivity index (χ3n) is 2.38. The van der Waals surface area contributed by atoms with E-state index in [0.717, 1.165) is 12.1 Å². The lowest BCUT2D eigenvalue weighted by atomic mass is 10.1. The van der Waals surface area contributed by atoms with E-state index in [1.165, 1.54) is 12.1 Å². The highest BCUT2D eigenvalue weighted by Crippen LogP contribution is 2.31. The second kappa shape index (κ2) is 4.44. The van der Waals surface area contributed by atoms with Gasteiger partial charge in [-0.25, -0.2) is 0 Å². The van der Waals surface area contributed by atoms with E-state index in [1.807, 2.05) is 13.8 Å². The first-order valence-corrected chi connectivity index (χ1v) is 5.39. The smallest absolute Gasteiger partial charge is 0.339 e. The molecule has 0 saturated carbocycles. The van der Waals surface area contributed by atoms with Crippen molar-refractivity contribution in [3.05, 3.63) is 35.7 Å². The molecule has 0 unspecified atom stereocenters. The molecular weight excluding hydrogens is 245 g/mol. The van der Waals surface area contributed by atoms with Crippen molar-refractivity contribution < 1.29 is 17.7 Å². The first kappa shape index (κ1) is 12.6. The number of nitrogens with zero attached hydrogens (tertiary/aromatic N) is 2. The molecule has 0 spiro atoms. The number of hydrogen-bond donors (Lipinski definition) is 0. The molecule has 0 aliphatic heterocycles. The molecule has 0 saturated heterocycles. The maximum atomic E-state index is 12.6. The Kier molecular flexibility index (Phi) is 3.11. The van der Waals surface area contributed by atoms with Crippen LogP contribution < -0.4 is 0 Å². The Labute approximate surface area is 102 Å². The molecule has 6 heteroatoms. The van der Waals surface area contributed by atoms with Crippen molar-refractivity contribution in [2.75, 3.05) is 0 Å². The van der Waals surface area contributed by atoms with E-state index < -0.39 is 11.7 Å². The van der Waals surface area contributed by atoms with Crippen LogP contribution in [0.3, 0.4) is 0 Å². The molecule has 0 N–H and O–H groups in total. The fraction of sp³-hybridized carbons (Fsp3) is 0.333. The van der Waals surface area contributed by atoms with Crippen molar-refractivity contribution in [3.8, 4) is 11.4 Å². The number of benzene rings is 1. The Morgan fingerprint density at radius 2 is 1.94 bits per heavy atom. The number of rotatable bonds is 2. The normalized spacial score (nSPS) is 12.1. The van der Waals surface area contributed by atoms with Gasteiger partial charge in [-0.15, -0.1) is 0 Å². The monoisotopic (exact) mass is 256 g/mol. The minimum atomic E-state index is -4.37. The number of aromatic nitrogens is 2. The Balaban J connectivity index is 2.38. The van der Waals surface area contributed by atoms with Gasteiger partial charge < -0.3 is 4.52 Å². The first-order valence-electron chi connectivity index (χ1n) is 5.39. The van der Waals surface area contributed by atoms with Crippen LogP contribution in [0.25, 0.3) is 11.4 Å². The van der Waals surface area contributed by atoms with E-state index in [2.05, 4.69) is 10.1 Å². The maximum absolute atomic E-state index is 12.6. The average molecular weight is 256 g/mol. The van der Waals surface area contributed by atoms with Gasteiger partial charge in [-0.3, -0.25) is 0 Å². The molecular formula is C12H11F3N2O. The lowest BCUT2D eigenvalue weighted by Crippen LogP contribution is -2.04. The van der Waals surface area contributed by atoms with E-state index in [9.17, 15) is 13.2 Å². The van der Waals surface area contributed by atoms with Gasteiger partial charge in [-0.1, -0.05) is 31.1 Å². The van der Waals surface area contributed by atoms with Crippen LogP contribution in [0, 0.1) is 0 Å². The summed E-state index contributed by atoms with van der Waals surface area (Å²) in [4.78, 5) is 4.06. The van der Waals surface area contributed by atoms with Gasteiger partial charge in [-0.2, -0.15) is 18.2 Å². The van der Waals surface area contributed by atoms with Gasteiger partial charge in [-0.05, 0) is 12.1 Å². The van der Waals surface area contributed by atoms with Crippen LogP contribution in [0.1, 0.15) is 31.2 Å². The first-order chi connectivity index (χ1) is 8.38. The van der Waals surface area contributed by atoms with Crippen LogP contribution in [-0.4, -0.2) is 10.1 Å². The van der Waals surface area contributed by atoms with Gasteiger partial charge in [0.05, 0.1) is 5.56 Å². The molecule has 2 rings (SSSR count). The van der Waals surface area contributed by atoms with Gasteiger partial charge in [0.15, 0.2) is 0 Å². The minimum Gasteiger partial charge on any atom is -0.339 e. The summed E-state index contributed by atoms with van der Waals surface area (Å²) in [6.07, 6.45) is -4.37. The van der Waals surface area contributed by atoms with E-state index in [-0.39, 0.29) is 11.7 Å². The van der Waals surface area contributed by atoms with Gasteiger partial charge in [0, 0.05) is 11.5 Å². The highest BCUT2D eigenvalue weighted by Gasteiger charge is 2.30. The maximum Gasteiger partial charge on any atom is 0.416 e. The molecule has 0 atom stereocenters. The Bertz CT molecular complexity index is 546. The molecule has 3 nitrogen and oxygen atoms in total.